The Morgan fingerprint density at radius 1 is 0.967 bits per heavy atom. The van der Waals surface area contributed by atoms with Gasteiger partial charge in [-0.05, 0) is 56.7 Å². The molecule has 30 heavy (non-hydrogen) atoms. The van der Waals surface area contributed by atoms with Gasteiger partial charge in [-0.15, -0.1) is 0 Å². The maximum atomic E-state index is 13.2. The van der Waals surface area contributed by atoms with Gasteiger partial charge in [-0.1, -0.05) is 48.5 Å². The van der Waals surface area contributed by atoms with E-state index in [4.69, 9.17) is 4.74 Å². The zero-order valence-corrected chi connectivity index (χ0v) is 19.2. The van der Waals surface area contributed by atoms with Gasteiger partial charge in [0.1, 0.15) is 12.3 Å². The first-order valence-electron chi connectivity index (χ1n) is 10.8. The molecule has 160 valence electrons. The predicted molar refractivity (Wildman–Crippen MR) is 126 cm³/mol. The lowest BCUT2D eigenvalue weighted by Crippen LogP contribution is -2.35. The SMILES string of the molecule is Cc1cccc(C)c1NC(=O)C(C)[P+]1(CC(=O)OCc2ccccc2)CCCCC1. The molecule has 4 nitrogen and oxygen atoms in total. The second kappa shape index (κ2) is 10.2. The Kier molecular flexibility index (Phi) is 7.66. The summed E-state index contributed by atoms with van der Waals surface area (Å²) in [6, 6.07) is 15.8. The molecule has 1 atom stereocenters. The maximum absolute atomic E-state index is 13.2. The standard InChI is InChI=1S/C25H32NO3P/c1-19-11-10-12-20(2)24(19)26-25(28)21(3)30(15-8-5-9-16-30)18-23(27)29-17-22-13-6-4-7-14-22/h4,6-7,10-14,21H,5,8-9,15-18H2,1-3H3/p+1. The highest BCUT2D eigenvalue weighted by Crippen LogP contribution is 2.66. The largest absolute Gasteiger partial charge is 0.458 e. The van der Waals surface area contributed by atoms with Gasteiger partial charge >= 0.3 is 5.97 Å². The third-order valence-corrected chi connectivity index (χ3v) is 11.5. The smallest absolute Gasteiger partial charge is 0.344 e. The van der Waals surface area contributed by atoms with Gasteiger partial charge in [-0.25, -0.2) is 4.79 Å². The Bertz CT molecular complexity index is 855. The number of hydrogen-bond donors (Lipinski definition) is 1. The number of hydrogen-bond acceptors (Lipinski definition) is 3. The minimum atomic E-state index is -1.77. The maximum Gasteiger partial charge on any atom is 0.344 e. The highest BCUT2D eigenvalue weighted by Gasteiger charge is 2.49. The molecule has 1 fully saturated rings. The topological polar surface area (TPSA) is 55.4 Å². The minimum Gasteiger partial charge on any atom is -0.458 e. The fraction of sp³-hybridized carbons (Fsp3) is 0.440. The van der Waals surface area contributed by atoms with Gasteiger partial charge in [0, 0.05) is 12.9 Å². The molecule has 1 heterocycles. The van der Waals surface area contributed by atoms with Crippen molar-refractivity contribution in [3.63, 3.8) is 0 Å². The molecule has 0 aromatic heterocycles. The fourth-order valence-corrected chi connectivity index (χ4v) is 8.82. The highest BCUT2D eigenvalue weighted by atomic mass is 31.2. The van der Waals surface area contributed by atoms with Crippen LogP contribution in [0.3, 0.4) is 0 Å². The van der Waals surface area contributed by atoms with Crippen LogP contribution in [-0.4, -0.2) is 36.0 Å². The van der Waals surface area contributed by atoms with E-state index < -0.39 is 7.26 Å². The molecule has 0 radical (unpaired) electrons. The molecule has 0 bridgehead atoms. The van der Waals surface area contributed by atoms with Crippen LogP contribution < -0.4 is 5.32 Å². The summed E-state index contributed by atoms with van der Waals surface area (Å²) < 4.78 is 5.60. The summed E-state index contributed by atoms with van der Waals surface area (Å²) >= 11 is 0. The van der Waals surface area contributed by atoms with Crippen LogP contribution in [0, 0.1) is 13.8 Å². The van der Waals surface area contributed by atoms with E-state index in [0.29, 0.717) is 12.8 Å². The molecule has 1 saturated heterocycles. The number of aryl methyl sites for hydroxylation is 2. The normalized spacial score (nSPS) is 16.5. The molecule has 1 N–H and O–H groups in total. The lowest BCUT2D eigenvalue weighted by atomic mass is 10.1. The summed E-state index contributed by atoms with van der Waals surface area (Å²) in [7, 11) is -1.77. The Morgan fingerprint density at radius 3 is 2.23 bits per heavy atom. The molecule has 0 spiro atoms. The van der Waals surface area contributed by atoms with Gasteiger partial charge in [0.15, 0.2) is 6.16 Å². The Labute approximate surface area is 180 Å². The van der Waals surface area contributed by atoms with E-state index in [9.17, 15) is 9.59 Å². The molecule has 1 amide bonds. The average molecular weight is 427 g/mol. The van der Waals surface area contributed by atoms with Crippen molar-refractivity contribution in [2.45, 2.75) is 52.3 Å². The first-order chi connectivity index (χ1) is 14.4. The zero-order valence-electron chi connectivity index (χ0n) is 18.3. The molecule has 5 heteroatoms. The van der Waals surface area contributed by atoms with E-state index in [2.05, 4.69) is 5.32 Å². The van der Waals surface area contributed by atoms with Crippen molar-refractivity contribution >= 4 is 24.8 Å². The summed E-state index contributed by atoms with van der Waals surface area (Å²) in [5, 5.41) is 3.17. The second-order valence-electron chi connectivity index (χ2n) is 8.46. The van der Waals surface area contributed by atoms with Crippen LogP contribution in [0.4, 0.5) is 5.69 Å². The first-order valence-corrected chi connectivity index (χ1v) is 13.2. The van der Waals surface area contributed by atoms with Gasteiger partial charge in [0.25, 0.3) is 5.91 Å². The van der Waals surface area contributed by atoms with Crippen molar-refractivity contribution < 1.29 is 14.3 Å². The van der Waals surface area contributed by atoms with Crippen molar-refractivity contribution in [2.75, 3.05) is 23.8 Å². The van der Waals surface area contributed by atoms with E-state index in [-0.39, 0.29) is 17.5 Å². The molecule has 1 aliphatic rings. The van der Waals surface area contributed by atoms with Gasteiger partial charge in [0.2, 0.25) is 0 Å². The summed E-state index contributed by atoms with van der Waals surface area (Å²) in [6.07, 6.45) is 5.78. The van der Waals surface area contributed by atoms with Crippen molar-refractivity contribution in [3.8, 4) is 0 Å². The van der Waals surface area contributed by atoms with E-state index in [0.717, 1.165) is 47.5 Å². The van der Waals surface area contributed by atoms with Crippen molar-refractivity contribution in [2.24, 2.45) is 0 Å². The van der Waals surface area contributed by atoms with Gasteiger partial charge in [-0.3, -0.25) is 4.79 Å². The molecule has 0 saturated carbocycles. The molecule has 1 aliphatic heterocycles. The third kappa shape index (κ3) is 5.49. The number of carbonyl (C=O) groups excluding carboxylic acids is 2. The average Bonchev–Trinajstić information content (AvgIpc) is 2.75. The number of anilines is 1. The quantitative estimate of drug-likeness (QED) is 0.465. The number of esters is 1. The van der Waals surface area contributed by atoms with Crippen LogP contribution >= 0.6 is 7.26 Å². The second-order valence-corrected chi connectivity index (χ2v) is 12.9. The Morgan fingerprint density at radius 2 is 1.60 bits per heavy atom. The predicted octanol–water partition coefficient (Wildman–Crippen LogP) is 5.58. The monoisotopic (exact) mass is 426 g/mol. The van der Waals surface area contributed by atoms with Crippen LogP contribution in [0.15, 0.2) is 48.5 Å². The third-order valence-electron chi connectivity index (χ3n) is 6.32. The van der Waals surface area contributed by atoms with Crippen LogP contribution in [-0.2, 0) is 20.9 Å². The highest BCUT2D eigenvalue weighted by molar-refractivity contribution is 7.78. The summed E-state index contributed by atoms with van der Waals surface area (Å²) in [5.74, 6) is -0.126. The number of para-hydroxylation sites is 1. The Balaban J connectivity index is 1.70. The molecule has 3 rings (SSSR count). The number of rotatable bonds is 7. The number of carbonyl (C=O) groups is 2. The number of nitrogens with one attached hydrogen (secondary N) is 1. The Hall–Kier alpha value is -2.19. The molecule has 0 aliphatic carbocycles. The molecule has 1 unspecified atom stereocenters. The van der Waals surface area contributed by atoms with Gasteiger partial charge < -0.3 is 10.1 Å². The van der Waals surface area contributed by atoms with E-state index in [1.807, 2.05) is 69.3 Å². The van der Waals surface area contributed by atoms with Gasteiger partial charge in [0.05, 0.1) is 12.3 Å². The van der Waals surface area contributed by atoms with Crippen molar-refractivity contribution in [1.82, 2.24) is 0 Å². The van der Waals surface area contributed by atoms with Crippen LogP contribution in [0.2, 0.25) is 0 Å². The number of amides is 1. The molecular weight excluding hydrogens is 393 g/mol. The zero-order chi connectivity index (χ0) is 21.6. The van der Waals surface area contributed by atoms with E-state index in [1.165, 1.54) is 6.42 Å². The lowest BCUT2D eigenvalue weighted by molar-refractivity contribution is -0.141. The van der Waals surface area contributed by atoms with Crippen LogP contribution in [0.5, 0.6) is 0 Å². The molecule has 2 aromatic carbocycles. The number of benzene rings is 2. The van der Waals surface area contributed by atoms with Gasteiger partial charge in [-0.2, -0.15) is 0 Å². The first kappa shape index (κ1) is 22.5. The van der Waals surface area contributed by atoms with Crippen LogP contribution in [0.25, 0.3) is 0 Å². The summed E-state index contributed by atoms with van der Waals surface area (Å²) in [4.78, 5) is 26.0. The number of ether oxygens (including phenoxy) is 1. The molecular formula is C25H33NO3P+. The molecule has 2 aromatic rings. The fourth-order valence-electron chi connectivity index (χ4n) is 4.35. The van der Waals surface area contributed by atoms with Crippen molar-refractivity contribution in [3.05, 3.63) is 65.2 Å². The van der Waals surface area contributed by atoms with Crippen LogP contribution in [0.1, 0.15) is 42.9 Å². The van der Waals surface area contributed by atoms with E-state index >= 15 is 0 Å². The lowest BCUT2D eigenvalue weighted by Gasteiger charge is -2.34. The minimum absolute atomic E-state index is 0.0403. The van der Waals surface area contributed by atoms with E-state index in [1.54, 1.807) is 0 Å². The summed E-state index contributed by atoms with van der Waals surface area (Å²) in [5.41, 5.74) is 3.86. The van der Waals surface area contributed by atoms with Crippen molar-refractivity contribution in [1.29, 1.82) is 0 Å². The summed E-state index contributed by atoms with van der Waals surface area (Å²) in [6.45, 7) is 6.34.